The van der Waals surface area contributed by atoms with Crippen molar-refractivity contribution in [1.82, 2.24) is 20.0 Å². The average Bonchev–Trinajstić information content (AvgIpc) is 2.76. The molecule has 0 spiro atoms. The summed E-state index contributed by atoms with van der Waals surface area (Å²) < 4.78 is 5.41. The highest BCUT2D eigenvalue weighted by atomic mass is 127. The van der Waals surface area contributed by atoms with Gasteiger partial charge in [-0.3, -0.25) is 9.69 Å². The first-order valence-corrected chi connectivity index (χ1v) is 10.8. The Morgan fingerprint density at radius 1 is 1.19 bits per heavy atom. The number of carbonyl (C=O) groups excluding carboxylic acids is 1. The number of hydrogen-bond donors (Lipinski definition) is 1. The predicted octanol–water partition coefficient (Wildman–Crippen LogP) is 2.40. The van der Waals surface area contributed by atoms with Crippen LogP contribution >= 0.6 is 24.0 Å². The molecule has 1 aromatic rings. The van der Waals surface area contributed by atoms with Crippen molar-refractivity contribution in [3.63, 3.8) is 0 Å². The minimum absolute atomic E-state index is 0. The maximum Gasteiger partial charge on any atom is 0.243 e. The van der Waals surface area contributed by atoms with E-state index in [4.69, 9.17) is 4.74 Å². The van der Waals surface area contributed by atoms with Gasteiger partial charge in [0, 0.05) is 66.6 Å². The standard InChI is InChI=1S/C23H37N5O2.HI/c1-4-30-19-9-13-24-23(25-20-22(29)26(2)3)28-17-15-27(16-18-28)14-8-12-21-10-6-5-7-11-21;/h5-8,10-12H,4,9,13-20H2,1-3H3,(H,24,25);1H/b12-8+;. The maximum atomic E-state index is 12.0. The Kier molecular flexibility index (Phi) is 14.2. The van der Waals surface area contributed by atoms with Crippen LogP contribution in [0.15, 0.2) is 41.4 Å². The molecule has 0 saturated carbocycles. The van der Waals surface area contributed by atoms with Crippen molar-refractivity contribution in [2.24, 2.45) is 4.99 Å². The summed E-state index contributed by atoms with van der Waals surface area (Å²) in [5.74, 6) is 0.828. The smallest absolute Gasteiger partial charge is 0.243 e. The lowest BCUT2D eigenvalue weighted by Gasteiger charge is -2.36. The summed E-state index contributed by atoms with van der Waals surface area (Å²) in [7, 11) is 3.52. The third-order valence-electron chi connectivity index (χ3n) is 4.96. The van der Waals surface area contributed by atoms with Gasteiger partial charge >= 0.3 is 0 Å². The van der Waals surface area contributed by atoms with Crippen molar-refractivity contribution >= 4 is 41.9 Å². The van der Waals surface area contributed by atoms with Gasteiger partial charge in [0.15, 0.2) is 5.96 Å². The number of aliphatic imine (C=N–C) groups is 1. The minimum atomic E-state index is 0. The molecule has 7 nitrogen and oxygen atoms in total. The summed E-state index contributed by atoms with van der Waals surface area (Å²) in [6, 6.07) is 10.4. The third-order valence-corrected chi connectivity index (χ3v) is 4.96. The number of carbonyl (C=O) groups is 1. The van der Waals surface area contributed by atoms with Crippen LogP contribution in [0.1, 0.15) is 18.9 Å². The van der Waals surface area contributed by atoms with Crippen LogP contribution in [0.2, 0.25) is 0 Å². The lowest BCUT2D eigenvalue weighted by molar-refractivity contribution is -0.127. The molecular weight excluding hydrogens is 505 g/mol. The summed E-state index contributed by atoms with van der Waals surface area (Å²) in [5.41, 5.74) is 1.23. The van der Waals surface area contributed by atoms with Gasteiger partial charge in [-0.1, -0.05) is 42.5 Å². The first kappa shape index (κ1) is 27.4. The van der Waals surface area contributed by atoms with Crippen molar-refractivity contribution < 1.29 is 9.53 Å². The second-order valence-corrected chi connectivity index (χ2v) is 7.51. The Bertz CT molecular complexity index is 674. The number of ether oxygens (including phenoxy) is 1. The molecule has 0 aromatic heterocycles. The summed E-state index contributed by atoms with van der Waals surface area (Å²) in [4.78, 5) is 22.8. The zero-order chi connectivity index (χ0) is 21.6. The zero-order valence-corrected chi connectivity index (χ0v) is 21.5. The highest BCUT2D eigenvalue weighted by Gasteiger charge is 2.19. The SMILES string of the molecule is CCOCCCNC(=NCC(=O)N(C)C)N1CCN(C/C=C/c2ccccc2)CC1.I. The molecule has 2 rings (SSSR count). The van der Waals surface area contributed by atoms with E-state index < -0.39 is 0 Å². The monoisotopic (exact) mass is 543 g/mol. The van der Waals surface area contributed by atoms with Crippen molar-refractivity contribution in [3.8, 4) is 0 Å². The molecule has 0 atom stereocenters. The van der Waals surface area contributed by atoms with E-state index in [9.17, 15) is 4.79 Å². The summed E-state index contributed by atoms with van der Waals surface area (Å²) in [6.45, 7) is 9.10. The molecule has 0 bridgehead atoms. The van der Waals surface area contributed by atoms with Gasteiger partial charge < -0.3 is 19.9 Å². The fourth-order valence-corrected chi connectivity index (χ4v) is 3.11. The second-order valence-electron chi connectivity index (χ2n) is 7.51. The molecule has 1 aromatic carbocycles. The van der Waals surface area contributed by atoms with Crippen LogP contribution in [0.4, 0.5) is 0 Å². The molecule has 31 heavy (non-hydrogen) atoms. The molecule has 0 radical (unpaired) electrons. The highest BCUT2D eigenvalue weighted by molar-refractivity contribution is 14.0. The van der Waals surface area contributed by atoms with Gasteiger partial charge in [0.25, 0.3) is 0 Å². The predicted molar refractivity (Wildman–Crippen MR) is 139 cm³/mol. The van der Waals surface area contributed by atoms with Crippen molar-refractivity contribution in [2.45, 2.75) is 13.3 Å². The van der Waals surface area contributed by atoms with Gasteiger partial charge in [0.2, 0.25) is 5.91 Å². The van der Waals surface area contributed by atoms with E-state index in [2.05, 4.69) is 56.5 Å². The summed E-state index contributed by atoms with van der Waals surface area (Å²) >= 11 is 0. The molecule has 1 saturated heterocycles. The Hall–Kier alpha value is -1.65. The molecule has 1 N–H and O–H groups in total. The van der Waals surface area contributed by atoms with Crippen LogP contribution in [-0.4, -0.2) is 99.7 Å². The van der Waals surface area contributed by atoms with Crippen LogP contribution < -0.4 is 5.32 Å². The van der Waals surface area contributed by atoms with Gasteiger partial charge in [0.1, 0.15) is 6.54 Å². The van der Waals surface area contributed by atoms with Crippen LogP contribution in [-0.2, 0) is 9.53 Å². The fourth-order valence-electron chi connectivity index (χ4n) is 3.11. The van der Waals surface area contributed by atoms with Crippen molar-refractivity contribution in [2.75, 3.05) is 73.1 Å². The van der Waals surface area contributed by atoms with Gasteiger partial charge in [-0.05, 0) is 18.9 Å². The molecule has 1 aliphatic rings. The van der Waals surface area contributed by atoms with E-state index in [1.165, 1.54) is 5.56 Å². The maximum absolute atomic E-state index is 12.0. The number of benzene rings is 1. The second kappa shape index (κ2) is 16.0. The first-order chi connectivity index (χ1) is 14.6. The van der Waals surface area contributed by atoms with Gasteiger partial charge in [0.05, 0.1) is 0 Å². The van der Waals surface area contributed by atoms with E-state index >= 15 is 0 Å². The molecule has 0 unspecified atom stereocenters. The zero-order valence-electron chi connectivity index (χ0n) is 19.1. The summed E-state index contributed by atoms with van der Waals surface area (Å²) in [5, 5.41) is 3.41. The Labute approximate surface area is 204 Å². The molecule has 174 valence electrons. The van der Waals surface area contributed by atoms with Crippen LogP contribution in [0, 0.1) is 0 Å². The Balaban J connectivity index is 0.00000480. The molecular formula is C23H38IN5O2. The lowest BCUT2D eigenvalue weighted by atomic mass is 10.2. The first-order valence-electron chi connectivity index (χ1n) is 10.8. The molecule has 1 amide bonds. The van der Waals surface area contributed by atoms with E-state index in [1.807, 2.05) is 13.0 Å². The number of piperazine rings is 1. The highest BCUT2D eigenvalue weighted by Crippen LogP contribution is 2.05. The number of halogens is 1. The van der Waals surface area contributed by atoms with Crippen molar-refractivity contribution in [1.29, 1.82) is 0 Å². The third kappa shape index (κ3) is 11.0. The van der Waals surface area contributed by atoms with Crippen LogP contribution in [0.5, 0.6) is 0 Å². The number of rotatable bonds is 10. The average molecular weight is 543 g/mol. The number of hydrogen-bond acceptors (Lipinski definition) is 4. The Morgan fingerprint density at radius 3 is 2.55 bits per heavy atom. The van der Waals surface area contributed by atoms with Gasteiger partial charge in [-0.25, -0.2) is 4.99 Å². The molecule has 8 heteroatoms. The van der Waals surface area contributed by atoms with Crippen molar-refractivity contribution in [3.05, 3.63) is 42.0 Å². The van der Waals surface area contributed by atoms with E-state index in [-0.39, 0.29) is 36.4 Å². The normalized spacial score (nSPS) is 15.1. The minimum Gasteiger partial charge on any atom is -0.382 e. The van der Waals surface area contributed by atoms with Crippen LogP contribution in [0.25, 0.3) is 6.08 Å². The number of likely N-dealkylation sites (N-methyl/N-ethyl adjacent to an activating group) is 1. The largest absolute Gasteiger partial charge is 0.382 e. The van der Waals surface area contributed by atoms with E-state index in [0.29, 0.717) is 0 Å². The molecule has 0 aliphatic carbocycles. The lowest BCUT2D eigenvalue weighted by Crippen LogP contribution is -2.52. The number of amides is 1. The van der Waals surface area contributed by atoms with Gasteiger partial charge in [-0.15, -0.1) is 24.0 Å². The van der Waals surface area contributed by atoms with E-state index in [0.717, 1.165) is 64.9 Å². The van der Waals surface area contributed by atoms with E-state index in [1.54, 1.807) is 19.0 Å². The Morgan fingerprint density at radius 2 is 1.90 bits per heavy atom. The van der Waals surface area contributed by atoms with Crippen LogP contribution in [0.3, 0.4) is 0 Å². The fraction of sp³-hybridized carbons (Fsp3) is 0.565. The molecule has 1 heterocycles. The number of guanidine groups is 1. The van der Waals surface area contributed by atoms with Gasteiger partial charge in [-0.2, -0.15) is 0 Å². The molecule has 1 aliphatic heterocycles. The number of nitrogens with zero attached hydrogens (tertiary/aromatic N) is 4. The number of nitrogens with one attached hydrogen (secondary N) is 1. The molecule has 1 fully saturated rings. The summed E-state index contributed by atoms with van der Waals surface area (Å²) in [6.07, 6.45) is 5.31. The quantitative estimate of drug-likeness (QED) is 0.213. The topological polar surface area (TPSA) is 60.4 Å².